The zero-order valence-corrected chi connectivity index (χ0v) is 12.8. The van der Waals surface area contributed by atoms with E-state index in [1.54, 1.807) is 21.9 Å². The van der Waals surface area contributed by atoms with Crippen LogP contribution < -0.4 is 0 Å². The van der Waals surface area contributed by atoms with Crippen molar-refractivity contribution in [1.29, 1.82) is 0 Å². The lowest BCUT2D eigenvalue weighted by atomic mass is 10.2. The zero-order valence-electron chi connectivity index (χ0n) is 12.0. The van der Waals surface area contributed by atoms with Crippen molar-refractivity contribution in [2.45, 2.75) is 5.75 Å². The summed E-state index contributed by atoms with van der Waals surface area (Å²) in [5, 5.41) is 10.6. The lowest BCUT2D eigenvalue weighted by Crippen LogP contribution is -2.48. The first-order chi connectivity index (χ1) is 10.6. The number of benzene rings is 1. The number of nitrogens with zero attached hydrogens (tertiary/aromatic N) is 3. The van der Waals surface area contributed by atoms with Crippen LogP contribution in [0.1, 0.15) is 5.56 Å². The molecule has 0 saturated carbocycles. The Balaban J connectivity index is 1.73. The van der Waals surface area contributed by atoms with Gasteiger partial charge in [0.05, 0.1) is 10.7 Å². The second-order valence-electron chi connectivity index (χ2n) is 4.94. The first kappa shape index (κ1) is 16.3. The van der Waals surface area contributed by atoms with E-state index < -0.39 is 4.92 Å². The highest BCUT2D eigenvalue weighted by Crippen LogP contribution is 2.17. The molecule has 1 aromatic carbocycles. The Hall–Kier alpha value is -2.09. The third kappa shape index (κ3) is 4.45. The van der Waals surface area contributed by atoms with E-state index in [1.165, 1.54) is 23.9 Å². The van der Waals surface area contributed by atoms with Crippen molar-refractivity contribution in [2.75, 3.05) is 31.9 Å². The average Bonchev–Trinajstić information content (AvgIpc) is 2.55. The van der Waals surface area contributed by atoms with Gasteiger partial charge in [0, 0.05) is 44.1 Å². The Bertz CT molecular complexity index is 542. The molecule has 1 fully saturated rings. The van der Waals surface area contributed by atoms with E-state index in [1.807, 2.05) is 0 Å². The standard InChI is InChI=1S/C14H17N3O4S/c18-11-15-5-7-16(8-6-15)14(19)10-22-9-12-1-3-13(4-2-12)17(20)21/h1-4,11H,5-10H2. The van der Waals surface area contributed by atoms with Crippen LogP contribution in [-0.4, -0.2) is 59.0 Å². The van der Waals surface area contributed by atoms with Gasteiger partial charge in [0.15, 0.2) is 0 Å². The number of nitro benzene ring substituents is 1. The highest BCUT2D eigenvalue weighted by Gasteiger charge is 2.19. The number of rotatable bonds is 6. The van der Waals surface area contributed by atoms with Gasteiger partial charge in [-0.3, -0.25) is 19.7 Å². The van der Waals surface area contributed by atoms with Crippen LogP contribution in [0.3, 0.4) is 0 Å². The van der Waals surface area contributed by atoms with Gasteiger partial charge in [-0.1, -0.05) is 12.1 Å². The smallest absolute Gasteiger partial charge is 0.269 e. The van der Waals surface area contributed by atoms with Gasteiger partial charge in [-0.15, -0.1) is 11.8 Å². The first-order valence-corrected chi connectivity index (χ1v) is 8.04. The van der Waals surface area contributed by atoms with Crippen molar-refractivity contribution in [3.8, 4) is 0 Å². The normalized spacial score (nSPS) is 14.7. The van der Waals surface area contributed by atoms with Gasteiger partial charge in [0.1, 0.15) is 0 Å². The second-order valence-corrected chi connectivity index (χ2v) is 5.92. The molecule has 1 heterocycles. The third-order valence-corrected chi connectivity index (χ3v) is 4.45. The van der Waals surface area contributed by atoms with Crippen LogP contribution in [0.5, 0.6) is 0 Å². The minimum absolute atomic E-state index is 0.0671. The number of amides is 2. The maximum absolute atomic E-state index is 12.0. The van der Waals surface area contributed by atoms with Gasteiger partial charge in [0.25, 0.3) is 5.69 Å². The van der Waals surface area contributed by atoms with E-state index in [0.717, 1.165) is 12.0 Å². The van der Waals surface area contributed by atoms with Gasteiger partial charge in [0.2, 0.25) is 12.3 Å². The van der Waals surface area contributed by atoms with Crippen LogP contribution in [0.25, 0.3) is 0 Å². The Morgan fingerprint density at radius 3 is 2.41 bits per heavy atom. The summed E-state index contributed by atoms with van der Waals surface area (Å²) in [6.07, 6.45) is 0.811. The molecule has 1 aromatic rings. The number of hydrogen-bond acceptors (Lipinski definition) is 5. The van der Waals surface area contributed by atoms with E-state index in [0.29, 0.717) is 37.7 Å². The quantitative estimate of drug-likeness (QED) is 0.445. The number of piperazine rings is 1. The minimum Gasteiger partial charge on any atom is -0.342 e. The van der Waals surface area contributed by atoms with Crippen LogP contribution in [0.2, 0.25) is 0 Å². The number of thioether (sulfide) groups is 1. The van der Waals surface area contributed by atoms with Crippen molar-refractivity contribution in [3.63, 3.8) is 0 Å². The summed E-state index contributed by atoms with van der Waals surface area (Å²) in [5.41, 5.74) is 1.02. The summed E-state index contributed by atoms with van der Waals surface area (Å²) in [4.78, 5) is 36.2. The molecule has 0 spiro atoms. The number of carbonyl (C=O) groups is 2. The summed E-state index contributed by atoms with van der Waals surface area (Å²) >= 11 is 1.48. The molecular weight excluding hydrogens is 306 g/mol. The van der Waals surface area contributed by atoms with Crippen LogP contribution in [0, 0.1) is 10.1 Å². The molecule has 1 saturated heterocycles. The molecule has 1 aliphatic heterocycles. The number of carbonyl (C=O) groups excluding carboxylic acids is 2. The molecular formula is C14H17N3O4S. The molecule has 0 aromatic heterocycles. The molecule has 2 rings (SSSR count). The molecule has 7 nitrogen and oxygen atoms in total. The average molecular weight is 323 g/mol. The topological polar surface area (TPSA) is 83.8 Å². The zero-order chi connectivity index (χ0) is 15.9. The predicted octanol–water partition coefficient (Wildman–Crippen LogP) is 1.13. The monoisotopic (exact) mass is 323 g/mol. The fraction of sp³-hybridized carbons (Fsp3) is 0.429. The number of non-ortho nitro benzene ring substituents is 1. The predicted molar refractivity (Wildman–Crippen MR) is 83.5 cm³/mol. The summed E-state index contributed by atoms with van der Waals surface area (Å²) < 4.78 is 0. The van der Waals surface area contributed by atoms with Gasteiger partial charge >= 0.3 is 0 Å². The molecule has 2 amide bonds. The van der Waals surface area contributed by atoms with E-state index in [9.17, 15) is 19.7 Å². The van der Waals surface area contributed by atoms with Crippen molar-refractivity contribution in [3.05, 3.63) is 39.9 Å². The van der Waals surface area contributed by atoms with Crippen molar-refractivity contribution in [1.82, 2.24) is 9.80 Å². The SMILES string of the molecule is O=CN1CCN(C(=O)CSCc2ccc([N+](=O)[O-])cc2)CC1. The maximum Gasteiger partial charge on any atom is 0.269 e. The molecule has 0 aliphatic carbocycles. The highest BCUT2D eigenvalue weighted by atomic mass is 32.2. The molecule has 0 atom stereocenters. The third-order valence-electron chi connectivity index (χ3n) is 3.46. The second kappa shape index (κ2) is 7.79. The molecule has 118 valence electrons. The fourth-order valence-electron chi connectivity index (χ4n) is 2.14. The van der Waals surface area contributed by atoms with Gasteiger partial charge in [-0.2, -0.15) is 0 Å². The van der Waals surface area contributed by atoms with E-state index in [-0.39, 0.29) is 11.6 Å². The lowest BCUT2D eigenvalue weighted by molar-refractivity contribution is -0.384. The molecule has 22 heavy (non-hydrogen) atoms. The summed E-state index contributed by atoms with van der Waals surface area (Å²) in [6.45, 7) is 2.33. The molecule has 1 aliphatic rings. The van der Waals surface area contributed by atoms with Crippen LogP contribution >= 0.6 is 11.8 Å². The maximum atomic E-state index is 12.0. The molecule has 8 heteroatoms. The largest absolute Gasteiger partial charge is 0.342 e. The summed E-state index contributed by atoms with van der Waals surface area (Å²) in [6, 6.07) is 6.35. The van der Waals surface area contributed by atoms with Crippen molar-refractivity contribution in [2.24, 2.45) is 0 Å². The van der Waals surface area contributed by atoms with E-state index in [2.05, 4.69) is 0 Å². The van der Waals surface area contributed by atoms with E-state index in [4.69, 9.17) is 0 Å². The van der Waals surface area contributed by atoms with Crippen LogP contribution in [0.4, 0.5) is 5.69 Å². The lowest BCUT2D eigenvalue weighted by Gasteiger charge is -2.32. The molecule has 0 unspecified atom stereocenters. The first-order valence-electron chi connectivity index (χ1n) is 6.88. The number of nitro groups is 1. The molecule has 0 N–H and O–H groups in total. The summed E-state index contributed by atoms with van der Waals surface area (Å²) in [7, 11) is 0. The highest BCUT2D eigenvalue weighted by molar-refractivity contribution is 7.99. The Labute approximate surface area is 132 Å². The Kier molecular flexibility index (Phi) is 5.76. The van der Waals surface area contributed by atoms with Crippen LogP contribution in [-0.2, 0) is 15.3 Å². The van der Waals surface area contributed by atoms with Gasteiger partial charge < -0.3 is 9.80 Å². The van der Waals surface area contributed by atoms with E-state index >= 15 is 0 Å². The van der Waals surface area contributed by atoms with Crippen molar-refractivity contribution < 1.29 is 14.5 Å². The Morgan fingerprint density at radius 1 is 1.23 bits per heavy atom. The molecule has 0 radical (unpaired) electrons. The van der Waals surface area contributed by atoms with Gasteiger partial charge in [-0.05, 0) is 5.56 Å². The Morgan fingerprint density at radius 2 is 1.86 bits per heavy atom. The van der Waals surface area contributed by atoms with Gasteiger partial charge in [-0.25, -0.2) is 0 Å². The number of hydrogen-bond donors (Lipinski definition) is 0. The molecule has 0 bridgehead atoms. The van der Waals surface area contributed by atoms with Crippen LogP contribution in [0.15, 0.2) is 24.3 Å². The minimum atomic E-state index is -0.431. The summed E-state index contributed by atoms with van der Waals surface area (Å²) in [5.74, 6) is 1.08. The fourth-order valence-corrected chi connectivity index (χ4v) is 3.03. The van der Waals surface area contributed by atoms with Crippen molar-refractivity contribution >= 4 is 29.8 Å².